The van der Waals surface area contributed by atoms with E-state index in [1.54, 1.807) is 0 Å². The summed E-state index contributed by atoms with van der Waals surface area (Å²) in [5, 5.41) is 0. The number of carbonyl (C=O) groups is 1. The standard InChI is InChI=1S/C13H16Br2O/c1-13(2,3)12(16)11(15)8-9-4-6-10(14)7-5-9/h4-7,11H,8H2,1-3H3. The highest BCUT2D eigenvalue weighted by Crippen LogP contribution is 2.23. The number of hydrogen-bond acceptors (Lipinski definition) is 1. The quantitative estimate of drug-likeness (QED) is 0.742. The summed E-state index contributed by atoms with van der Waals surface area (Å²) in [6.07, 6.45) is 0.739. The van der Waals surface area contributed by atoms with Crippen molar-refractivity contribution in [3.8, 4) is 0 Å². The Morgan fingerprint density at radius 2 is 1.75 bits per heavy atom. The molecule has 0 bridgehead atoms. The molecule has 0 aromatic heterocycles. The van der Waals surface area contributed by atoms with Gasteiger partial charge >= 0.3 is 0 Å². The maximum atomic E-state index is 12.0. The van der Waals surface area contributed by atoms with Crippen molar-refractivity contribution in [2.24, 2.45) is 5.41 Å². The lowest BCUT2D eigenvalue weighted by Crippen LogP contribution is -2.29. The minimum absolute atomic E-state index is 0.103. The molecule has 1 nitrogen and oxygen atoms in total. The molecule has 88 valence electrons. The van der Waals surface area contributed by atoms with E-state index in [-0.39, 0.29) is 16.0 Å². The zero-order valence-electron chi connectivity index (χ0n) is 9.76. The molecular formula is C13H16Br2O. The molecule has 3 heteroatoms. The summed E-state index contributed by atoms with van der Waals surface area (Å²) in [6.45, 7) is 5.85. The van der Waals surface area contributed by atoms with Crippen LogP contribution in [0.15, 0.2) is 28.7 Å². The Kier molecular flexibility index (Phi) is 4.74. The van der Waals surface area contributed by atoms with Crippen LogP contribution in [0.2, 0.25) is 0 Å². The molecule has 0 heterocycles. The summed E-state index contributed by atoms with van der Waals surface area (Å²) in [7, 11) is 0. The van der Waals surface area contributed by atoms with Crippen molar-refractivity contribution in [1.82, 2.24) is 0 Å². The first kappa shape index (κ1) is 13.9. The predicted molar refractivity (Wildman–Crippen MR) is 75.0 cm³/mol. The Balaban J connectivity index is 2.68. The number of benzene rings is 1. The third kappa shape index (κ3) is 4.02. The first-order valence-corrected chi connectivity index (χ1v) is 6.94. The lowest BCUT2D eigenvalue weighted by Gasteiger charge is -2.20. The van der Waals surface area contributed by atoms with Crippen LogP contribution in [-0.2, 0) is 11.2 Å². The number of rotatable bonds is 3. The molecular weight excluding hydrogens is 332 g/mol. The number of Topliss-reactive ketones (excluding diaryl/α,β-unsaturated/α-hetero) is 1. The molecule has 0 radical (unpaired) electrons. The summed E-state index contributed by atoms with van der Waals surface area (Å²) >= 11 is 6.87. The van der Waals surface area contributed by atoms with Gasteiger partial charge in [0.1, 0.15) is 0 Å². The van der Waals surface area contributed by atoms with E-state index in [2.05, 4.69) is 31.9 Å². The first-order valence-electron chi connectivity index (χ1n) is 5.23. The maximum Gasteiger partial charge on any atom is 0.152 e. The van der Waals surface area contributed by atoms with E-state index in [1.807, 2.05) is 45.0 Å². The normalized spacial score (nSPS) is 13.6. The average Bonchev–Trinajstić information content (AvgIpc) is 2.19. The third-order valence-electron chi connectivity index (χ3n) is 2.35. The van der Waals surface area contributed by atoms with Gasteiger partial charge in [-0.3, -0.25) is 4.79 Å². The third-order valence-corrected chi connectivity index (χ3v) is 3.62. The molecule has 0 aliphatic carbocycles. The summed E-state index contributed by atoms with van der Waals surface area (Å²) in [5.74, 6) is 0.246. The van der Waals surface area contributed by atoms with Gasteiger partial charge in [-0.2, -0.15) is 0 Å². The van der Waals surface area contributed by atoms with Crippen LogP contribution in [0.3, 0.4) is 0 Å². The van der Waals surface area contributed by atoms with Gasteiger partial charge in [0.25, 0.3) is 0 Å². The van der Waals surface area contributed by atoms with Crippen molar-refractivity contribution in [3.63, 3.8) is 0 Å². The van der Waals surface area contributed by atoms with Crippen molar-refractivity contribution in [1.29, 1.82) is 0 Å². The fraction of sp³-hybridized carbons (Fsp3) is 0.462. The Bertz CT molecular complexity index is 363. The van der Waals surface area contributed by atoms with Crippen LogP contribution in [-0.4, -0.2) is 10.6 Å². The zero-order valence-corrected chi connectivity index (χ0v) is 12.9. The highest BCUT2D eigenvalue weighted by molar-refractivity contribution is 9.10. The summed E-state index contributed by atoms with van der Waals surface area (Å²) in [5.41, 5.74) is 0.881. The van der Waals surface area contributed by atoms with Crippen LogP contribution in [0.25, 0.3) is 0 Å². The minimum atomic E-state index is -0.288. The SMILES string of the molecule is CC(C)(C)C(=O)C(Br)Cc1ccc(Br)cc1. The second-order valence-corrected chi connectivity index (χ2v) is 6.93. The topological polar surface area (TPSA) is 17.1 Å². The van der Waals surface area contributed by atoms with Crippen molar-refractivity contribution in [2.75, 3.05) is 0 Å². The Hall–Kier alpha value is -0.150. The Morgan fingerprint density at radius 3 is 2.19 bits per heavy atom. The largest absolute Gasteiger partial charge is 0.298 e. The number of ketones is 1. The summed E-state index contributed by atoms with van der Waals surface area (Å²) in [4.78, 5) is 11.9. The number of hydrogen-bond donors (Lipinski definition) is 0. The lowest BCUT2D eigenvalue weighted by molar-refractivity contribution is -0.125. The van der Waals surface area contributed by atoms with Gasteiger partial charge in [0.15, 0.2) is 5.78 Å². The Morgan fingerprint density at radius 1 is 1.25 bits per heavy atom. The van der Waals surface area contributed by atoms with E-state index in [9.17, 15) is 4.79 Å². The van der Waals surface area contributed by atoms with Gasteiger partial charge in [0.05, 0.1) is 4.83 Å². The average molecular weight is 348 g/mol. The molecule has 16 heavy (non-hydrogen) atoms. The molecule has 0 aliphatic rings. The molecule has 0 amide bonds. The molecule has 1 aromatic rings. The monoisotopic (exact) mass is 346 g/mol. The van der Waals surface area contributed by atoms with Gasteiger partial charge in [-0.15, -0.1) is 0 Å². The maximum absolute atomic E-state index is 12.0. The number of alkyl halides is 1. The van der Waals surface area contributed by atoms with Gasteiger partial charge in [0.2, 0.25) is 0 Å². The van der Waals surface area contributed by atoms with Gasteiger partial charge in [0, 0.05) is 9.89 Å². The molecule has 0 spiro atoms. The van der Waals surface area contributed by atoms with Crippen molar-refractivity contribution in [2.45, 2.75) is 32.0 Å². The summed E-state index contributed by atoms with van der Waals surface area (Å²) < 4.78 is 1.06. The van der Waals surface area contributed by atoms with E-state index >= 15 is 0 Å². The fourth-order valence-electron chi connectivity index (χ4n) is 1.39. The smallest absolute Gasteiger partial charge is 0.152 e. The van der Waals surface area contributed by atoms with Crippen molar-refractivity contribution in [3.05, 3.63) is 34.3 Å². The van der Waals surface area contributed by atoms with E-state index in [0.717, 1.165) is 10.9 Å². The molecule has 0 fully saturated rings. The van der Waals surface area contributed by atoms with Crippen LogP contribution < -0.4 is 0 Å². The summed E-state index contributed by atoms with van der Waals surface area (Å²) in [6, 6.07) is 8.07. The molecule has 1 atom stereocenters. The molecule has 0 aliphatic heterocycles. The highest BCUT2D eigenvalue weighted by atomic mass is 79.9. The van der Waals surface area contributed by atoms with Crippen molar-refractivity contribution >= 4 is 37.6 Å². The number of carbonyl (C=O) groups excluding carboxylic acids is 1. The van der Waals surface area contributed by atoms with Crippen LogP contribution in [0.1, 0.15) is 26.3 Å². The van der Waals surface area contributed by atoms with Crippen molar-refractivity contribution < 1.29 is 4.79 Å². The van der Waals surface area contributed by atoms with E-state index in [4.69, 9.17) is 0 Å². The predicted octanol–water partition coefficient (Wildman–Crippen LogP) is 4.37. The molecule has 1 rings (SSSR count). The number of halogens is 2. The molecule has 0 saturated heterocycles. The molecule has 1 unspecified atom stereocenters. The second kappa shape index (κ2) is 5.46. The van der Waals surface area contributed by atoms with E-state index in [1.165, 1.54) is 5.56 Å². The van der Waals surface area contributed by atoms with Crippen LogP contribution >= 0.6 is 31.9 Å². The van der Waals surface area contributed by atoms with Crippen LogP contribution in [0.4, 0.5) is 0 Å². The second-order valence-electron chi connectivity index (χ2n) is 4.91. The van der Waals surface area contributed by atoms with E-state index < -0.39 is 0 Å². The highest BCUT2D eigenvalue weighted by Gasteiger charge is 2.27. The zero-order chi connectivity index (χ0) is 12.3. The van der Waals surface area contributed by atoms with E-state index in [0.29, 0.717) is 0 Å². The van der Waals surface area contributed by atoms with Gasteiger partial charge < -0.3 is 0 Å². The van der Waals surface area contributed by atoms with Gasteiger partial charge in [-0.25, -0.2) is 0 Å². The molecule has 0 N–H and O–H groups in total. The minimum Gasteiger partial charge on any atom is -0.298 e. The van der Waals surface area contributed by atoms with Crippen LogP contribution in [0.5, 0.6) is 0 Å². The molecule has 1 aromatic carbocycles. The fourth-order valence-corrected chi connectivity index (χ4v) is 2.71. The first-order chi connectivity index (χ1) is 7.30. The Labute approximate surface area is 114 Å². The molecule has 0 saturated carbocycles. The van der Waals surface area contributed by atoms with Gasteiger partial charge in [-0.05, 0) is 24.1 Å². The van der Waals surface area contributed by atoms with Crippen LogP contribution in [0, 0.1) is 5.41 Å². The lowest BCUT2D eigenvalue weighted by atomic mass is 9.87. The van der Waals surface area contributed by atoms with Gasteiger partial charge in [-0.1, -0.05) is 64.8 Å².